The molecule has 3 N–H and O–H groups in total. The number of fused-ring (bicyclic) bond motifs is 3. The van der Waals surface area contributed by atoms with Gasteiger partial charge in [-0.05, 0) is 43.2 Å². The molecule has 0 bridgehead atoms. The molecule has 0 amide bonds. The largest absolute Gasteiger partial charge is 0.389 e. The van der Waals surface area contributed by atoms with Gasteiger partial charge in [-0.3, -0.25) is 9.67 Å². The number of nitrogen functional groups attached to an aromatic ring is 1. The minimum Gasteiger partial charge on any atom is -0.389 e. The van der Waals surface area contributed by atoms with E-state index in [9.17, 15) is 5.11 Å². The van der Waals surface area contributed by atoms with Gasteiger partial charge in [0.25, 0.3) is 0 Å². The van der Waals surface area contributed by atoms with Crippen LogP contribution in [0.1, 0.15) is 19.4 Å². The van der Waals surface area contributed by atoms with Gasteiger partial charge in [-0.15, -0.1) is 0 Å². The molecule has 3 aromatic rings. The van der Waals surface area contributed by atoms with Crippen LogP contribution in [0.3, 0.4) is 0 Å². The molecule has 0 saturated carbocycles. The topological polar surface area (TPSA) is 89.3 Å². The fourth-order valence-electron chi connectivity index (χ4n) is 3.03. The van der Waals surface area contributed by atoms with E-state index in [1.54, 1.807) is 18.5 Å². The van der Waals surface area contributed by atoms with Crippen LogP contribution >= 0.6 is 0 Å². The molecule has 24 heavy (non-hydrogen) atoms. The smallest absolute Gasteiger partial charge is 0.135 e. The van der Waals surface area contributed by atoms with Crippen LogP contribution in [0.2, 0.25) is 0 Å². The maximum Gasteiger partial charge on any atom is 0.135 e. The first-order valence-electron chi connectivity index (χ1n) is 7.89. The standard InChI is InChI=1S/C18H19N5O/c1-18(2,24)10-23-9-14-16(22-23)13-4-3-11(12-5-6-20-8-12)7-15(13)21-17(14)19/h3-7,9,24H,8,10H2,1-2H3,(H2,19,21). The van der Waals surface area contributed by atoms with Crippen molar-refractivity contribution < 1.29 is 5.11 Å². The van der Waals surface area contributed by atoms with Crippen LogP contribution in [-0.2, 0) is 6.54 Å². The summed E-state index contributed by atoms with van der Waals surface area (Å²) in [6, 6.07) is 6.12. The van der Waals surface area contributed by atoms with E-state index in [4.69, 9.17) is 5.73 Å². The van der Waals surface area contributed by atoms with Crippen LogP contribution in [0, 0.1) is 0 Å². The predicted molar refractivity (Wildman–Crippen MR) is 97.1 cm³/mol. The number of allylic oxidation sites excluding steroid dienone is 1. The lowest BCUT2D eigenvalue weighted by molar-refractivity contribution is 0.0580. The summed E-state index contributed by atoms with van der Waals surface area (Å²) in [5.41, 5.74) is 9.19. The van der Waals surface area contributed by atoms with Gasteiger partial charge in [0, 0.05) is 17.8 Å². The summed E-state index contributed by atoms with van der Waals surface area (Å²) in [4.78, 5) is 8.76. The van der Waals surface area contributed by atoms with Crippen molar-refractivity contribution in [1.29, 1.82) is 0 Å². The van der Waals surface area contributed by atoms with Crippen LogP contribution in [0.25, 0.3) is 27.4 Å². The number of benzene rings is 1. The van der Waals surface area contributed by atoms with Crippen molar-refractivity contribution in [2.45, 2.75) is 26.0 Å². The van der Waals surface area contributed by atoms with Gasteiger partial charge in [-0.2, -0.15) is 5.10 Å². The fraction of sp³-hybridized carbons (Fsp3) is 0.278. The Bertz CT molecular complexity index is 1010. The molecule has 1 aliphatic rings. The van der Waals surface area contributed by atoms with E-state index in [0.717, 1.165) is 27.4 Å². The molecule has 4 rings (SSSR count). The molecule has 0 saturated heterocycles. The average molecular weight is 321 g/mol. The van der Waals surface area contributed by atoms with Crippen molar-refractivity contribution in [2.75, 3.05) is 12.3 Å². The first kappa shape index (κ1) is 14.8. The summed E-state index contributed by atoms with van der Waals surface area (Å²) >= 11 is 0. The van der Waals surface area contributed by atoms with Crippen LogP contribution < -0.4 is 5.73 Å². The Morgan fingerprint density at radius 1 is 1.29 bits per heavy atom. The second-order valence-corrected chi connectivity index (χ2v) is 6.81. The Morgan fingerprint density at radius 2 is 2.12 bits per heavy atom. The highest BCUT2D eigenvalue weighted by molar-refractivity contribution is 6.08. The van der Waals surface area contributed by atoms with E-state index < -0.39 is 5.60 Å². The Labute approximate surface area is 139 Å². The molecular formula is C18H19N5O. The van der Waals surface area contributed by atoms with E-state index in [-0.39, 0.29) is 0 Å². The van der Waals surface area contributed by atoms with E-state index in [2.05, 4.69) is 21.1 Å². The number of rotatable bonds is 3. The van der Waals surface area contributed by atoms with Gasteiger partial charge in [0.1, 0.15) is 11.3 Å². The average Bonchev–Trinajstić information content (AvgIpc) is 3.14. The van der Waals surface area contributed by atoms with Crippen molar-refractivity contribution in [3.8, 4) is 0 Å². The van der Waals surface area contributed by atoms with Gasteiger partial charge in [0.05, 0.1) is 29.6 Å². The normalized spacial score (nSPS) is 14.7. The van der Waals surface area contributed by atoms with E-state index in [1.165, 1.54) is 5.57 Å². The molecule has 3 heterocycles. The predicted octanol–water partition coefficient (Wildman–Crippen LogP) is 2.41. The van der Waals surface area contributed by atoms with Crippen molar-refractivity contribution in [1.82, 2.24) is 14.8 Å². The SMILES string of the molecule is CC(C)(O)Cn1cc2c(N)nc3cc(C4=CC=NC4)ccc3c2n1. The van der Waals surface area contributed by atoms with Crippen molar-refractivity contribution in [2.24, 2.45) is 4.99 Å². The summed E-state index contributed by atoms with van der Waals surface area (Å²) in [6.45, 7) is 4.60. The molecule has 2 aromatic heterocycles. The van der Waals surface area contributed by atoms with Crippen LogP contribution in [0.4, 0.5) is 5.82 Å². The molecule has 6 heteroatoms. The number of aliphatic imine (C=N–C) groups is 1. The monoisotopic (exact) mass is 321 g/mol. The van der Waals surface area contributed by atoms with E-state index in [1.807, 2.05) is 30.6 Å². The lowest BCUT2D eigenvalue weighted by atomic mass is 10.0. The molecule has 122 valence electrons. The lowest BCUT2D eigenvalue weighted by Gasteiger charge is -2.16. The van der Waals surface area contributed by atoms with E-state index in [0.29, 0.717) is 18.9 Å². The maximum absolute atomic E-state index is 10.0. The van der Waals surface area contributed by atoms with Gasteiger partial charge in [-0.1, -0.05) is 6.07 Å². The van der Waals surface area contributed by atoms with Crippen LogP contribution in [-0.4, -0.2) is 38.2 Å². The number of hydrogen-bond donors (Lipinski definition) is 2. The number of aliphatic hydroxyl groups is 1. The van der Waals surface area contributed by atoms with Crippen LogP contribution in [0.15, 0.2) is 35.5 Å². The Morgan fingerprint density at radius 3 is 2.83 bits per heavy atom. The third kappa shape index (κ3) is 2.55. The number of nitrogens with zero attached hydrogens (tertiary/aromatic N) is 4. The molecule has 0 radical (unpaired) electrons. The number of nitrogens with two attached hydrogens (primary N) is 1. The first-order valence-corrected chi connectivity index (χ1v) is 7.89. The Balaban J connectivity index is 1.87. The maximum atomic E-state index is 10.0. The fourth-order valence-corrected chi connectivity index (χ4v) is 3.03. The number of hydrogen-bond acceptors (Lipinski definition) is 5. The highest BCUT2D eigenvalue weighted by atomic mass is 16.3. The highest BCUT2D eigenvalue weighted by Crippen LogP contribution is 2.29. The highest BCUT2D eigenvalue weighted by Gasteiger charge is 2.17. The van der Waals surface area contributed by atoms with Gasteiger partial charge < -0.3 is 10.8 Å². The lowest BCUT2D eigenvalue weighted by Crippen LogP contribution is -2.26. The summed E-state index contributed by atoms with van der Waals surface area (Å²) < 4.78 is 1.73. The minimum atomic E-state index is -0.845. The first-order chi connectivity index (χ1) is 11.4. The molecule has 0 unspecified atom stereocenters. The van der Waals surface area contributed by atoms with Crippen molar-refractivity contribution >= 4 is 39.4 Å². The molecule has 0 spiro atoms. The van der Waals surface area contributed by atoms with E-state index >= 15 is 0 Å². The molecule has 6 nitrogen and oxygen atoms in total. The third-order valence-corrected chi connectivity index (χ3v) is 4.09. The summed E-state index contributed by atoms with van der Waals surface area (Å²) in [7, 11) is 0. The second-order valence-electron chi connectivity index (χ2n) is 6.81. The number of anilines is 1. The molecule has 0 atom stereocenters. The summed E-state index contributed by atoms with van der Waals surface area (Å²) in [6.07, 6.45) is 5.68. The van der Waals surface area contributed by atoms with Crippen LogP contribution in [0.5, 0.6) is 0 Å². The molecule has 1 aromatic carbocycles. The molecule has 1 aliphatic heterocycles. The zero-order chi connectivity index (χ0) is 16.9. The zero-order valence-corrected chi connectivity index (χ0v) is 13.7. The molecule has 0 fully saturated rings. The van der Waals surface area contributed by atoms with Gasteiger partial charge in [0.2, 0.25) is 0 Å². The van der Waals surface area contributed by atoms with Crippen molar-refractivity contribution in [3.05, 3.63) is 36.0 Å². The van der Waals surface area contributed by atoms with Crippen molar-refractivity contribution in [3.63, 3.8) is 0 Å². The molecule has 0 aliphatic carbocycles. The minimum absolute atomic E-state index is 0.394. The van der Waals surface area contributed by atoms with Gasteiger partial charge in [0.15, 0.2) is 0 Å². The van der Waals surface area contributed by atoms with Gasteiger partial charge >= 0.3 is 0 Å². The second kappa shape index (κ2) is 5.14. The number of pyridine rings is 1. The number of aromatic nitrogens is 3. The third-order valence-electron chi connectivity index (χ3n) is 4.09. The Kier molecular flexibility index (Phi) is 3.18. The zero-order valence-electron chi connectivity index (χ0n) is 13.7. The summed E-state index contributed by atoms with van der Waals surface area (Å²) in [5, 5.41) is 16.4. The van der Waals surface area contributed by atoms with Gasteiger partial charge in [-0.25, -0.2) is 4.98 Å². The Hall–Kier alpha value is -2.73. The quantitative estimate of drug-likeness (QED) is 0.775. The molecular weight excluding hydrogens is 302 g/mol. The summed E-state index contributed by atoms with van der Waals surface area (Å²) in [5.74, 6) is 0.452.